The Balaban J connectivity index is 2.17. The fourth-order valence-corrected chi connectivity index (χ4v) is 2.96. The number of rotatable bonds is 3. The molecule has 6 nitrogen and oxygen atoms in total. The van der Waals surface area contributed by atoms with E-state index in [4.69, 9.17) is 21.1 Å². The van der Waals surface area contributed by atoms with Crippen LogP contribution in [0.25, 0.3) is 0 Å². The first-order valence-corrected chi connectivity index (χ1v) is 8.33. The lowest BCUT2D eigenvalue weighted by Crippen LogP contribution is -2.50. The molecule has 7 heteroatoms. The quantitative estimate of drug-likeness (QED) is 0.837. The number of carbonyl (C=O) groups excluding carboxylic acids is 2. The second-order valence-corrected chi connectivity index (χ2v) is 6.07. The second-order valence-electron chi connectivity index (χ2n) is 5.69. The average molecular weight is 355 g/mol. The zero-order chi connectivity index (χ0) is 17.9. The zero-order valence-corrected chi connectivity index (χ0v) is 15.3. The number of aryl methyl sites for hydroxylation is 1. The lowest BCUT2D eigenvalue weighted by Gasteiger charge is -2.34. The van der Waals surface area contributed by atoms with Crippen molar-refractivity contribution in [3.8, 4) is 5.75 Å². The normalized spacial score (nSPS) is 14.5. The molecule has 1 heterocycles. The maximum absolute atomic E-state index is 12.9. The predicted molar refractivity (Wildman–Crippen MR) is 92.0 cm³/mol. The van der Waals surface area contributed by atoms with Crippen LogP contribution < -0.4 is 4.74 Å². The Labute approximate surface area is 147 Å². The minimum Gasteiger partial charge on any atom is -0.496 e. The number of benzene rings is 1. The molecule has 0 aromatic heterocycles. The van der Waals surface area contributed by atoms with Crippen LogP contribution >= 0.6 is 11.6 Å². The van der Waals surface area contributed by atoms with Gasteiger partial charge in [-0.1, -0.05) is 11.6 Å². The summed E-state index contributed by atoms with van der Waals surface area (Å²) in [7, 11) is 1.54. The van der Waals surface area contributed by atoms with Crippen molar-refractivity contribution in [2.24, 2.45) is 0 Å². The molecule has 0 saturated carbocycles. The average Bonchev–Trinajstić information content (AvgIpc) is 2.59. The van der Waals surface area contributed by atoms with E-state index in [-0.39, 0.29) is 12.0 Å². The number of piperazine rings is 1. The molecular formula is C17H23ClN2O4. The molecule has 0 atom stereocenters. The highest BCUT2D eigenvalue weighted by atomic mass is 35.5. The van der Waals surface area contributed by atoms with Crippen LogP contribution in [0.15, 0.2) is 6.07 Å². The Morgan fingerprint density at radius 1 is 1.17 bits per heavy atom. The van der Waals surface area contributed by atoms with E-state index in [1.807, 2.05) is 13.8 Å². The van der Waals surface area contributed by atoms with E-state index < -0.39 is 0 Å². The van der Waals surface area contributed by atoms with Gasteiger partial charge >= 0.3 is 6.09 Å². The number of methoxy groups -OCH3 is 1. The Morgan fingerprint density at radius 2 is 1.75 bits per heavy atom. The third-order valence-electron chi connectivity index (χ3n) is 4.17. The molecule has 0 N–H and O–H groups in total. The molecule has 1 aromatic rings. The topological polar surface area (TPSA) is 59.1 Å². The van der Waals surface area contributed by atoms with Gasteiger partial charge < -0.3 is 19.3 Å². The minimum absolute atomic E-state index is 0.130. The van der Waals surface area contributed by atoms with Gasteiger partial charge in [0.05, 0.1) is 19.3 Å². The molecule has 1 saturated heterocycles. The van der Waals surface area contributed by atoms with Gasteiger partial charge in [0.15, 0.2) is 0 Å². The van der Waals surface area contributed by atoms with Crippen molar-refractivity contribution in [1.29, 1.82) is 0 Å². The number of halogens is 1. The van der Waals surface area contributed by atoms with Crippen LogP contribution in [0.1, 0.15) is 28.4 Å². The van der Waals surface area contributed by atoms with E-state index in [1.54, 1.807) is 22.8 Å². The van der Waals surface area contributed by atoms with Gasteiger partial charge in [0.1, 0.15) is 5.75 Å². The molecule has 2 rings (SSSR count). The lowest BCUT2D eigenvalue weighted by molar-refractivity contribution is 0.0567. The Kier molecular flexibility index (Phi) is 5.94. The summed E-state index contributed by atoms with van der Waals surface area (Å²) in [6.45, 7) is 7.61. The number of amides is 2. The number of nitrogens with zero attached hydrogens (tertiary/aromatic N) is 2. The van der Waals surface area contributed by atoms with E-state index >= 15 is 0 Å². The van der Waals surface area contributed by atoms with Gasteiger partial charge in [-0.3, -0.25) is 4.79 Å². The molecule has 0 bridgehead atoms. The first kappa shape index (κ1) is 18.4. The first-order valence-electron chi connectivity index (χ1n) is 7.95. The molecule has 0 spiro atoms. The molecule has 2 amide bonds. The van der Waals surface area contributed by atoms with E-state index in [9.17, 15) is 9.59 Å². The van der Waals surface area contributed by atoms with Crippen molar-refractivity contribution in [3.63, 3.8) is 0 Å². The zero-order valence-electron chi connectivity index (χ0n) is 14.5. The van der Waals surface area contributed by atoms with E-state index in [1.165, 1.54) is 7.11 Å². The van der Waals surface area contributed by atoms with Gasteiger partial charge in [-0.25, -0.2) is 4.79 Å². The monoisotopic (exact) mass is 354 g/mol. The highest BCUT2D eigenvalue weighted by Crippen LogP contribution is 2.32. The first-order chi connectivity index (χ1) is 11.4. The highest BCUT2D eigenvalue weighted by Gasteiger charge is 2.28. The summed E-state index contributed by atoms with van der Waals surface area (Å²) in [4.78, 5) is 28.0. The van der Waals surface area contributed by atoms with Crippen molar-refractivity contribution in [2.45, 2.75) is 20.8 Å². The van der Waals surface area contributed by atoms with Gasteiger partial charge in [-0.2, -0.15) is 0 Å². The van der Waals surface area contributed by atoms with Crippen molar-refractivity contribution in [2.75, 3.05) is 39.9 Å². The summed E-state index contributed by atoms with van der Waals surface area (Å²) in [6.07, 6.45) is -0.336. The SMILES string of the molecule is CCOC(=O)N1CCN(C(=O)c2c(OC)cc(C)c(Cl)c2C)CC1. The lowest BCUT2D eigenvalue weighted by atomic mass is 10.0. The van der Waals surface area contributed by atoms with E-state index in [0.29, 0.717) is 54.7 Å². The molecule has 0 unspecified atom stereocenters. The summed E-state index contributed by atoms with van der Waals surface area (Å²) in [5, 5.41) is 0.573. The third-order valence-corrected chi connectivity index (χ3v) is 4.75. The van der Waals surface area contributed by atoms with Gasteiger partial charge in [0.25, 0.3) is 5.91 Å². The largest absolute Gasteiger partial charge is 0.496 e. The Bertz CT molecular complexity index is 640. The summed E-state index contributed by atoms with van der Waals surface area (Å²) in [6, 6.07) is 1.78. The number of hydrogen-bond donors (Lipinski definition) is 0. The maximum atomic E-state index is 12.9. The van der Waals surface area contributed by atoms with E-state index in [0.717, 1.165) is 5.56 Å². The molecule has 1 aliphatic rings. The van der Waals surface area contributed by atoms with Crippen LogP contribution in [-0.2, 0) is 4.74 Å². The number of carbonyl (C=O) groups is 2. The van der Waals surface area contributed by atoms with Gasteiger partial charge in [-0.15, -0.1) is 0 Å². The predicted octanol–water partition coefficient (Wildman–Crippen LogP) is 2.88. The Morgan fingerprint density at radius 3 is 2.29 bits per heavy atom. The van der Waals surface area contributed by atoms with Gasteiger partial charge in [0.2, 0.25) is 0 Å². The molecule has 1 aliphatic heterocycles. The number of hydrogen-bond acceptors (Lipinski definition) is 4. The summed E-state index contributed by atoms with van der Waals surface area (Å²) in [5.74, 6) is 0.391. The molecule has 1 fully saturated rings. The van der Waals surface area contributed by atoms with Crippen LogP contribution in [0.3, 0.4) is 0 Å². The van der Waals surface area contributed by atoms with Gasteiger partial charge in [0, 0.05) is 31.2 Å². The fourth-order valence-electron chi connectivity index (χ4n) is 2.81. The van der Waals surface area contributed by atoms with Crippen LogP contribution in [0.4, 0.5) is 4.79 Å². The van der Waals surface area contributed by atoms with E-state index in [2.05, 4.69) is 0 Å². The Hall–Kier alpha value is -1.95. The third kappa shape index (κ3) is 3.59. The van der Waals surface area contributed by atoms with Crippen LogP contribution in [0.5, 0.6) is 5.75 Å². The molecule has 1 aromatic carbocycles. The molecule has 132 valence electrons. The van der Waals surface area contributed by atoms with Crippen LogP contribution in [0, 0.1) is 13.8 Å². The summed E-state index contributed by atoms with van der Waals surface area (Å²) in [5.41, 5.74) is 2.07. The van der Waals surface area contributed by atoms with Crippen molar-refractivity contribution >= 4 is 23.6 Å². The fraction of sp³-hybridized carbons (Fsp3) is 0.529. The van der Waals surface area contributed by atoms with Crippen molar-refractivity contribution < 1.29 is 19.1 Å². The standard InChI is InChI=1S/C17H23ClN2O4/c1-5-24-17(22)20-8-6-19(7-9-20)16(21)14-12(3)15(18)11(2)10-13(14)23-4/h10H,5-9H2,1-4H3. The van der Waals surface area contributed by atoms with Crippen LogP contribution in [-0.4, -0.2) is 61.7 Å². The molecule has 0 aliphatic carbocycles. The minimum atomic E-state index is -0.336. The maximum Gasteiger partial charge on any atom is 0.409 e. The smallest absolute Gasteiger partial charge is 0.409 e. The summed E-state index contributed by atoms with van der Waals surface area (Å²) < 4.78 is 10.4. The second kappa shape index (κ2) is 7.75. The van der Waals surface area contributed by atoms with Crippen molar-refractivity contribution in [1.82, 2.24) is 9.80 Å². The van der Waals surface area contributed by atoms with Crippen molar-refractivity contribution in [3.05, 3.63) is 27.8 Å². The van der Waals surface area contributed by atoms with Gasteiger partial charge in [-0.05, 0) is 38.0 Å². The summed E-state index contributed by atoms with van der Waals surface area (Å²) >= 11 is 6.30. The molecule has 24 heavy (non-hydrogen) atoms. The van der Waals surface area contributed by atoms with Crippen LogP contribution in [0.2, 0.25) is 5.02 Å². The molecule has 0 radical (unpaired) electrons. The molecular weight excluding hydrogens is 332 g/mol. The highest BCUT2D eigenvalue weighted by molar-refractivity contribution is 6.32. The number of ether oxygens (including phenoxy) is 2.